The molecular formula is C13H13Br2N3O2S. The standard InChI is InChI=1S/C13H13Br2N3O2S/c14-11-7-9(16)8-12(15)13(11)21(19,20)18-6-4-10-3-1-2-5-17-10/h1-3,5,7-8,18H,4,6,16H2. The van der Waals surface area contributed by atoms with E-state index < -0.39 is 10.0 Å². The zero-order chi connectivity index (χ0) is 15.5. The van der Waals surface area contributed by atoms with Crippen LogP contribution in [0.5, 0.6) is 0 Å². The number of halogens is 2. The smallest absolute Gasteiger partial charge is 0.242 e. The molecule has 0 atom stereocenters. The van der Waals surface area contributed by atoms with Crippen molar-refractivity contribution in [2.75, 3.05) is 12.3 Å². The Bertz CT molecular complexity index is 713. The Kier molecular flexibility index (Phi) is 5.37. The molecule has 1 aromatic heterocycles. The van der Waals surface area contributed by atoms with Gasteiger partial charge in [-0.1, -0.05) is 6.07 Å². The molecular weight excluding hydrogens is 422 g/mol. The number of nitrogens with two attached hydrogens (primary N) is 1. The minimum atomic E-state index is -3.64. The highest BCUT2D eigenvalue weighted by Crippen LogP contribution is 2.32. The number of anilines is 1. The molecule has 0 aliphatic rings. The summed E-state index contributed by atoms with van der Waals surface area (Å²) in [5.41, 5.74) is 6.97. The maximum Gasteiger partial charge on any atom is 0.242 e. The van der Waals surface area contributed by atoms with Crippen LogP contribution in [0.2, 0.25) is 0 Å². The normalized spacial score (nSPS) is 11.5. The van der Waals surface area contributed by atoms with Crippen molar-refractivity contribution in [3.05, 3.63) is 51.2 Å². The molecule has 0 saturated carbocycles. The van der Waals surface area contributed by atoms with Crippen LogP contribution in [0.25, 0.3) is 0 Å². The van der Waals surface area contributed by atoms with Gasteiger partial charge in [0, 0.05) is 39.5 Å². The lowest BCUT2D eigenvalue weighted by molar-refractivity contribution is 0.580. The maximum absolute atomic E-state index is 12.3. The quantitative estimate of drug-likeness (QED) is 0.708. The Hall–Kier alpha value is -0.960. The van der Waals surface area contributed by atoms with Crippen molar-refractivity contribution < 1.29 is 8.42 Å². The molecule has 5 nitrogen and oxygen atoms in total. The third-order valence-corrected chi connectivity index (χ3v) is 6.03. The summed E-state index contributed by atoms with van der Waals surface area (Å²) < 4.78 is 28.1. The van der Waals surface area contributed by atoms with E-state index in [4.69, 9.17) is 5.73 Å². The first-order valence-corrected chi connectivity index (χ1v) is 9.11. The molecule has 0 amide bonds. The number of hydrogen-bond donors (Lipinski definition) is 2. The highest BCUT2D eigenvalue weighted by atomic mass is 79.9. The molecule has 0 aliphatic heterocycles. The maximum atomic E-state index is 12.3. The molecule has 0 aliphatic carbocycles. The summed E-state index contributed by atoms with van der Waals surface area (Å²) in [5.74, 6) is 0. The molecule has 0 bridgehead atoms. The molecule has 21 heavy (non-hydrogen) atoms. The number of rotatable bonds is 5. The Labute approximate surface area is 140 Å². The molecule has 0 unspecified atom stereocenters. The monoisotopic (exact) mass is 433 g/mol. The van der Waals surface area contributed by atoms with Crippen LogP contribution < -0.4 is 10.5 Å². The fourth-order valence-corrected chi connectivity index (χ4v) is 5.41. The van der Waals surface area contributed by atoms with Crippen LogP contribution in [0.15, 0.2) is 50.4 Å². The lowest BCUT2D eigenvalue weighted by Crippen LogP contribution is -2.27. The van der Waals surface area contributed by atoms with Crippen molar-refractivity contribution in [1.29, 1.82) is 0 Å². The van der Waals surface area contributed by atoms with Gasteiger partial charge in [0.05, 0.1) is 0 Å². The topological polar surface area (TPSA) is 85.1 Å². The van der Waals surface area contributed by atoms with Gasteiger partial charge < -0.3 is 5.73 Å². The average molecular weight is 435 g/mol. The Morgan fingerprint density at radius 1 is 1.19 bits per heavy atom. The highest BCUT2D eigenvalue weighted by molar-refractivity contribution is 9.11. The third kappa shape index (κ3) is 4.26. The summed E-state index contributed by atoms with van der Waals surface area (Å²) in [6.07, 6.45) is 2.20. The SMILES string of the molecule is Nc1cc(Br)c(S(=O)(=O)NCCc2ccccn2)c(Br)c1. The second kappa shape index (κ2) is 6.87. The van der Waals surface area contributed by atoms with E-state index in [0.29, 0.717) is 21.1 Å². The lowest BCUT2D eigenvalue weighted by atomic mass is 10.3. The van der Waals surface area contributed by atoms with Crippen LogP contribution in [0.3, 0.4) is 0 Å². The molecule has 112 valence electrons. The number of pyridine rings is 1. The van der Waals surface area contributed by atoms with Crippen LogP contribution in [0, 0.1) is 0 Å². The average Bonchev–Trinajstić information content (AvgIpc) is 2.38. The van der Waals surface area contributed by atoms with E-state index in [1.165, 1.54) is 0 Å². The van der Waals surface area contributed by atoms with Gasteiger partial charge in [-0.25, -0.2) is 13.1 Å². The fraction of sp³-hybridized carbons (Fsp3) is 0.154. The van der Waals surface area contributed by atoms with Gasteiger partial charge in [0.25, 0.3) is 0 Å². The molecule has 3 N–H and O–H groups in total. The van der Waals surface area contributed by atoms with Crippen LogP contribution in [-0.4, -0.2) is 19.9 Å². The zero-order valence-corrected chi connectivity index (χ0v) is 14.9. The second-order valence-electron chi connectivity index (χ2n) is 4.28. The van der Waals surface area contributed by atoms with E-state index in [1.807, 2.05) is 18.2 Å². The number of benzene rings is 1. The molecule has 0 spiro atoms. The van der Waals surface area contributed by atoms with Crippen molar-refractivity contribution in [3.63, 3.8) is 0 Å². The Morgan fingerprint density at radius 2 is 1.86 bits per heavy atom. The van der Waals surface area contributed by atoms with Gasteiger partial charge in [-0.15, -0.1) is 0 Å². The molecule has 8 heteroatoms. The predicted molar refractivity (Wildman–Crippen MR) is 89.4 cm³/mol. The molecule has 1 heterocycles. The van der Waals surface area contributed by atoms with Gasteiger partial charge in [0.1, 0.15) is 4.90 Å². The zero-order valence-electron chi connectivity index (χ0n) is 10.9. The lowest BCUT2D eigenvalue weighted by Gasteiger charge is -2.11. The van der Waals surface area contributed by atoms with Crippen LogP contribution in [0.1, 0.15) is 5.69 Å². The van der Waals surface area contributed by atoms with E-state index in [2.05, 4.69) is 41.6 Å². The van der Waals surface area contributed by atoms with Crippen molar-refractivity contribution in [3.8, 4) is 0 Å². The van der Waals surface area contributed by atoms with Crippen LogP contribution in [-0.2, 0) is 16.4 Å². The van der Waals surface area contributed by atoms with Crippen LogP contribution in [0.4, 0.5) is 5.69 Å². The summed E-state index contributed by atoms with van der Waals surface area (Å²) in [6.45, 7) is 0.266. The van der Waals surface area contributed by atoms with Crippen molar-refractivity contribution >= 4 is 47.6 Å². The van der Waals surface area contributed by atoms with Crippen molar-refractivity contribution in [2.45, 2.75) is 11.3 Å². The number of nitrogen functional groups attached to an aromatic ring is 1. The van der Waals surface area contributed by atoms with Crippen molar-refractivity contribution in [1.82, 2.24) is 9.71 Å². The Balaban J connectivity index is 2.12. The van der Waals surface area contributed by atoms with Crippen LogP contribution >= 0.6 is 31.9 Å². The second-order valence-corrected chi connectivity index (χ2v) is 7.69. The number of hydrogen-bond acceptors (Lipinski definition) is 4. The van der Waals surface area contributed by atoms with Gasteiger partial charge in [-0.05, 0) is 56.1 Å². The van der Waals surface area contributed by atoms with Gasteiger partial charge in [-0.3, -0.25) is 4.98 Å². The first kappa shape index (κ1) is 16.4. The number of nitrogens with one attached hydrogen (secondary N) is 1. The molecule has 2 aromatic rings. The third-order valence-electron chi connectivity index (χ3n) is 2.69. The Morgan fingerprint density at radius 3 is 2.43 bits per heavy atom. The molecule has 1 aromatic carbocycles. The number of nitrogens with zero attached hydrogens (tertiary/aromatic N) is 1. The van der Waals surface area contributed by atoms with E-state index in [0.717, 1.165) is 5.69 Å². The fourth-order valence-electron chi connectivity index (χ4n) is 1.77. The van der Waals surface area contributed by atoms with Gasteiger partial charge >= 0.3 is 0 Å². The molecule has 0 saturated heterocycles. The largest absolute Gasteiger partial charge is 0.399 e. The first-order valence-electron chi connectivity index (χ1n) is 6.04. The predicted octanol–water partition coefficient (Wildman–Crippen LogP) is 2.71. The van der Waals surface area contributed by atoms with E-state index in [9.17, 15) is 8.42 Å². The summed E-state index contributed by atoms with van der Waals surface area (Å²) in [5, 5.41) is 0. The summed E-state index contributed by atoms with van der Waals surface area (Å²) >= 11 is 6.46. The molecule has 2 rings (SSSR count). The minimum absolute atomic E-state index is 0.137. The molecule has 0 radical (unpaired) electrons. The van der Waals surface area contributed by atoms with Gasteiger partial charge in [-0.2, -0.15) is 0 Å². The van der Waals surface area contributed by atoms with E-state index in [1.54, 1.807) is 18.3 Å². The van der Waals surface area contributed by atoms with Gasteiger partial charge in [0.15, 0.2) is 0 Å². The molecule has 0 fully saturated rings. The minimum Gasteiger partial charge on any atom is -0.399 e. The van der Waals surface area contributed by atoms with E-state index >= 15 is 0 Å². The van der Waals surface area contributed by atoms with Crippen molar-refractivity contribution in [2.24, 2.45) is 0 Å². The van der Waals surface area contributed by atoms with E-state index in [-0.39, 0.29) is 11.4 Å². The van der Waals surface area contributed by atoms with Gasteiger partial charge in [0.2, 0.25) is 10.0 Å². The highest BCUT2D eigenvalue weighted by Gasteiger charge is 2.21. The number of sulfonamides is 1. The first-order chi connectivity index (χ1) is 9.90. The summed E-state index contributed by atoms with van der Waals surface area (Å²) in [7, 11) is -3.64. The summed E-state index contributed by atoms with van der Waals surface area (Å²) in [4.78, 5) is 4.28. The summed E-state index contributed by atoms with van der Waals surface area (Å²) in [6, 6.07) is 8.64. The number of aromatic nitrogens is 1.